The number of rotatable bonds is 6. The average Bonchev–Trinajstić information content (AvgIpc) is 2.35. The summed E-state index contributed by atoms with van der Waals surface area (Å²) in [5.74, 6) is -7.29. The van der Waals surface area contributed by atoms with Crippen LogP contribution in [0.1, 0.15) is 31.2 Å². The van der Waals surface area contributed by atoms with Crippen LogP contribution in [-0.2, 0) is 4.79 Å². The number of pyridine rings is 1. The second-order valence-corrected chi connectivity index (χ2v) is 3.86. The van der Waals surface area contributed by atoms with Crippen molar-refractivity contribution in [1.29, 1.82) is 0 Å². The molecule has 0 bridgehead atoms. The largest absolute Gasteiger partial charge is 0.545 e. The van der Waals surface area contributed by atoms with Gasteiger partial charge in [0.1, 0.15) is 6.54 Å². The molecule has 1 N–H and O–H groups in total. The summed E-state index contributed by atoms with van der Waals surface area (Å²) in [6, 6.07) is 0. The first kappa shape index (κ1) is 15.9. The van der Waals surface area contributed by atoms with E-state index in [-0.39, 0.29) is 0 Å². The monoisotopic (exact) mass is 295 g/mol. The number of nitrogens with zero attached hydrogens (tertiary/aromatic N) is 2. The average molecular weight is 295 g/mol. The van der Waals surface area contributed by atoms with Crippen LogP contribution in [0.3, 0.4) is 0 Å². The lowest BCUT2D eigenvalue weighted by molar-refractivity contribution is -0.260. The number of anilines is 1. The third-order valence-corrected chi connectivity index (χ3v) is 2.42. The van der Waals surface area contributed by atoms with Crippen molar-refractivity contribution in [2.45, 2.75) is 0 Å². The Morgan fingerprint density at radius 2 is 1.71 bits per heavy atom. The van der Waals surface area contributed by atoms with Crippen molar-refractivity contribution >= 4 is 29.6 Å². The topological polar surface area (TPSA) is 174 Å². The molecule has 10 heteroatoms. The normalized spacial score (nSPS) is 9.95. The van der Waals surface area contributed by atoms with E-state index < -0.39 is 52.9 Å². The molecule has 10 nitrogen and oxygen atoms in total. The molecule has 0 radical (unpaired) electrons. The highest BCUT2D eigenvalue weighted by Crippen LogP contribution is 2.25. The summed E-state index contributed by atoms with van der Waals surface area (Å²) >= 11 is 0. The molecule has 0 spiro atoms. The molecule has 0 unspecified atom stereocenters. The maximum absolute atomic E-state index is 11.1. The van der Waals surface area contributed by atoms with Crippen molar-refractivity contribution in [3.63, 3.8) is 0 Å². The minimum absolute atomic E-state index is 0.542. The molecule has 0 aromatic carbocycles. The molecule has 0 atom stereocenters. The van der Waals surface area contributed by atoms with Crippen molar-refractivity contribution in [1.82, 2.24) is 4.98 Å². The summed E-state index contributed by atoms with van der Waals surface area (Å²) in [5, 5.41) is 41.6. The summed E-state index contributed by atoms with van der Waals surface area (Å²) in [7, 11) is 1.06. The summed E-state index contributed by atoms with van der Waals surface area (Å²) in [6.45, 7) is -0.795. The Hall–Kier alpha value is -3.17. The second kappa shape index (κ2) is 5.86. The van der Waals surface area contributed by atoms with Crippen molar-refractivity contribution in [3.8, 4) is 0 Å². The molecular formula is C11H7N2O8-3. The maximum atomic E-state index is 11.1. The summed E-state index contributed by atoms with van der Waals surface area (Å²) in [4.78, 5) is 47.4. The zero-order valence-corrected chi connectivity index (χ0v) is 10.5. The Labute approximate surface area is 116 Å². The van der Waals surface area contributed by atoms with Gasteiger partial charge in [-0.05, 0) is 0 Å². The van der Waals surface area contributed by atoms with E-state index in [4.69, 9.17) is 5.11 Å². The van der Waals surface area contributed by atoms with Crippen LogP contribution in [0.2, 0.25) is 0 Å². The predicted octanol–water partition coefficient (Wildman–Crippen LogP) is -4.31. The van der Waals surface area contributed by atoms with Crippen molar-refractivity contribution < 1.29 is 39.6 Å². The zero-order valence-electron chi connectivity index (χ0n) is 10.5. The number of aliphatic carboxylic acids is 1. The highest BCUT2D eigenvalue weighted by atomic mass is 16.4. The minimum Gasteiger partial charge on any atom is -0.545 e. The lowest BCUT2D eigenvalue weighted by Crippen LogP contribution is -2.37. The summed E-state index contributed by atoms with van der Waals surface area (Å²) in [6.07, 6.45) is 0.542. The number of likely N-dealkylation sites (N-methyl/N-ethyl adjacent to an activating group) is 1. The van der Waals surface area contributed by atoms with Gasteiger partial charge in [-0.25, -0.2) is 0 Å². The summed E-state index contributed by atoms with van der Waals surface area (Å²) < 4.78 is 0. The molecule has 0 fully saturated rings. The van der Waals surface area contributed by atoms with Gasteiger partial charge >= 0.3 is 5.97 Å². The molecule has 21 heavy (non-hydrogen) atoms. The van der Waals surface area contributed by atoms with Crippen LogP contribution in [0.5, 0.6) is 0 Å². The predicted molar refractivity (Wildman–Crippen MR) is 58.1 cm³/mol. The lowest BCUT2D eigenvalue weighted by Gasteiger charge is -2.26. The maximum Gasteiger partial charge on any atom is 0.323 e. The van der Waals surface area contributed by atoms with Gasteiger partial charge in [0.15, 0.2) is 0 Å². The fourth-order valence-corrected chi connectivity index (χ4v) is 1.68. The van der Waals surface area contributed by atoms with Crippen LogP contribution in [0.4, 0.5) is 5.69 Å². The molecule has 0 aliphatic heterocycles. The number of hydrogen-bond acceptors (Lipinski definition) is 9. The molecule has 1 aromatic rings. The number of carboxylic acids is 4. The van der Waals surface area contributed by atoms with Gasteiger partial charge in [-0.2, -0.15) is 0 Å². The van der Waals surface area contributed by atoms with E-state index in [1.165, 1.54) is 0 Å². The molecule has 1 aromatic heterocycles. The minimum atomic E-state index is -2.04. The molecule has 1 rings (SSSR count). The fraction of sp³-hybridized carbons (Fsp3) is 0.182. The Morgan fingerprint density at radius 1 is 1.14 bits per heavy atom. The smallest absolute Gasteiger partial charge is 0.323 e. The number of carbonyl (C=O) groups is 4. The molecule has 0 aliphatic carbocycles. The fourth-order valence-electron chi connectivity index (χ4n) is 1.68. The molecule has 0 saturated heterocycles. The SMILES string of the molecule is CN(CC(=O)O)c1c(C(=O)[O-])cnc(C(=O)[O-])c1C(=O)[O-]. The van der Waals surface area contributed by atoms with Gasteiger partial charge in [-0.3, -0.25) is 9.78 Å². The molecule has 1 heterocycles. The Bertz CT molecular complexity index is 639. The van der Waals surface area contributed by atoms with Gasteiger partial charge in [0.05, 0.1) is 29.3 Å². The van der Waals surface area contributed by atoms with E-state index >= 15 is 0 Å². The van der Waals surface area contributed by atoms with E-state index in [1.807, 2.05) is 0 Å². The molecule has 0 aliphatic rings. The Morgan fingerprint density at radius 3 is 2.10 bits per heavy atom. The van der Waals surface area contributed by atoms with Crippen LogP contribution in [0.25, 0.3) is 0 Å². The Kier molecular flexibility index (Phi) is 4.43. The third kappa shape index (κ3) is 3.23. The lowest BCUT2D eigenvalue weighted by atomic mass is 10.1. The standard InChI is InChI=1S/C11H10N2O8/c1-13(3-5(14)15)8-4(9(16)17)2-12-7(11(20)21)6(8)10(18)19/h2H,3H2,1H3,(H,14,15)(H,16,17)(H,18,19)(H,20,21)/p-3. The van der Waals surface area contributed by atoms with Crippen molar-refractivity contribution in [2.24, 2.45) is 0 Å². The van der Waals surface area contributed by atoms with E-state index in [9.17, 15) is 34.5 Å². The van der Waals surface area contributed by atoms with Gasteiger partial charge in [0.2, 0.25) is 0 Å². The number of aromatic carboxylic acids is 3. The van der Waals surface area contributed by atoms with Crippen LogP contribution in [-0.4, -0.2) is 47.6 Å². The highest BCUT2D eigenvalue weighted by Gasteiger charge is 2.21. The quantitative estimate of drug-likeness (QED) is 0.540. The molecule has 0 amide bonds. The molecular weight excluding hydrogens is 288 g/mol. The van der Waals surface area contributed by atoms with Crippen LogP contribution in [0.15, 0.2) is 6.20 Å². The zero-order chi connectivity index (χ0) is 16.3. The van der Waals surface area contributed by atoms with Gasteiger partial charge in [-0.1, -0.05) is 0 Å². The molecule has 112 valence electrons. The van der Waals surface area contributed by atoms with E-state index in [0.29, 0.717) is 11.1 Å². The van der Waals surface area contributed by atoms with E-state index in [2.05, 4.69) is 4.98 Å². The third-order valence-electron chi connectivity index (χ3n) is 2.42. The van der Waals surface area contributed by atoms with Crippen LogP contribution >= 0.6 is 0 Å². The van der Waals surface area contributed by atoms with Crippen LogP contribution < -0.4 is 20.2 Å². The van der Waals surface area contributed by atoms with Gasteiger partial charge in [0, 0.05) is 24.4 Å². The number of aromatic nitrogens is 1. The van der Waals surface area contributed by atoms with Gasteiger partial charge in [-0.15, -0.1) is 0 Å². The van der Waals surface area contributed by atoms with Gasteiger partial charge < -0.3 is 39.7 Å². The number of hydrogen-bond donors (Lipinski definition) is 1. The van der Waals surface area contributed by atoms with Crippen molar-refractivity contribution in [3.05, 3.63) is 23.0 Å². The molecule has 0 saturated carbocycles. The number of carboxylic acid groups (broad SMARTS) is 4. The van der Waals surface area contributed by atoms with Gasteiger partial charge in [0.25, 0.3) is 0 Å². The summed E-state index contributed by atoms with van der Waals surface area (Å²) in [5.41, 5.74) is -3.66. The Balaban J connectivity index is 3.71. The van der Waals surface area contributed by atoms with E-state index in [0.717, 1.165) is 7.05 Å². The number of carbonyl (C=O) groups excluding carboxylic acids is 3. The second-order valence-electron chi connectivity index (χ2n) is 3.86. The first-order chi connectivity index (χ1) is 9.66. The van der Waals surface area contributed by atoms with E-state index in [1.54, 1.807) is 0 Å². The van der Waals surface area contributed by atoms with Crippen LogP contribution in [0, 0.1) is 0 Å². The first-order valence-electron chi connectivity index (χ1n) is 5.26. The first-order valence-corrected chi connectivity index (χ1v) is 5.26. The van der Waals surface area contributed by atoms with Crippen molar-refractivity contribution in [2.75, 3.05) is 18.5 Å². The highest BCUT2D eigenvalue weighted by molar-refractivity contribution is 6.08.